The van der Waals surface area contributed by atoms with Crippen LogP contribution in [0.4, 0.5) is 10.1 Å². The molecule has 142 valence electrons. The molecular weight excluding hydrogens is 347 g/mol. The number of halogens is 1. The molecule has 6 heteroatoms. The Morgan fingerprint density at radius 3 is 2.74 bits per heavy atom. The van der Waals surface area contributed by atoms with Gasteiger partial charge in [0.1, 0.15) is 11.6 Å². The first-order chi connectivity index (χ1) is 12.8. The molecule has 2 amide bonds. The fourth-order valence-electron chi connectivity index (χ4n) is 3.28. The zero-order valence-corrected chi connectivity index (χ0v) is 15.6. The Hall–Kier alpha value is -2.89. The minimum atomic E-state index is -0.874. The monoisotopic (exact) mass is 370 g/mol. The SMILES string of the molecule is COc1ccc2c(c1)C(CCNC(=O)C(C)(C)c1cccc(F)c1)C(=O)N2. The Morgan fingerprint density at radius 2 is 2.04 bits per heavy atom. The molecule has 1 heterocycles. The van der Waals surface area contributed by atoms with Gasteiger partial charge in [0.25, 0.3) is 0 Å². The maximum absolute atomic E-state index is 13.5. The Balaban J connectivity index is 1.65. The summed E-state index contributed by atoms with van der Waals surface area (Å²) in [6, 6.07) is 11.5. The Labute approximate surface area is 157 Å². The van der Waals surface area contributed by atoms with Crippen LogP contribution in [0.2, 0.25) is 0 Å². The summed E-state index contributed by atoms with van der Waals surface area (Å²) >= 11 is 0. The third-order valence-corrected chi connectivity index (χ3v) is 5.04. The van der Waals surface area contributed by atoms with E-state index in [9.17, 15) is 14.0 Å². The van der Waals surface area contributed by atoms with Crippen molar-refractivity contribution < 1.29 is 18.7 Å². The molecule has 0 fully saturated rings. The summed E-state index contributed by atoms with van der Waals surface area (Å²) in [7, 11) is 1.58. The number of ether oxygens (including phenoxy) is 1. The number of rotatable bonds is 6. The van der Waals surface area contributed by atoms with Crippen LogP contribution in [0, 0.1) is 5.82 Å². The number of amides is 2. The van der Waals surface area contributed by atoms with Gasteiger partial charge < -0.3 is 15.4 Å². The third-order valence-electron chi connectivity index (χ3n) is 5.04. The van der Waals surface area contributed by atoms with Gasteiger partial charge in [0.2, 0.25) is 11.8 Å². The molecule has 5 nitrogen and oxygen atoms in total. The fourth-order valence-corrected chi connectivity index (χ4v) is 3.28. The molecule has 27 heavy (non-hydrogen) atoms. The Morgan fingerprint density at radius 1 is 1.26 bits per heavy atom. The van der Waals surface area contributed by atoms with Crippen LogP contribution in [0.3, 0.4) is 0 Å². The summed E-state index contributed by atoms with van der Waals surface area (Å²) in [5.74, 6) is -0.324. The van der Waals surface area contributed by atoms with Crippen molar-refractivity contribution in [3.63, 3.8) is 0 Å². The maximum atomic E-state index is 13.5. The second-order valence-electron chi connectivity index (χ2n) is 7.17. The first-order valence-corrected chi connectivity index (χ1v) is 8.86. The van der Waals surface area contributed by atoms with Crippen LogP contribution in [-0.4, -0.2) is 25.5 Å². The van der Waals surface area contributed by atoms with Crippen LogP contribution in [0.5, 0.6) is 5.75 Å². The molecule has 0 saturated carbocycles. The molecule has 0 aromatic heterocycles. The first-order valence-electron chi connectivity index (χ1n) is 8.86. The van der Waals surface area contributed by atoms with Crippen molar-refractivity contribution in [3.05, 3.63) is 59.4 Å². The van der Waals surface area contributed by atoms with E-state index in [1.165, 1.54) is 12.1 Å². The van der Waals surface area contributed by atoms with E-state index in [-0.39, 0.29) is 23.5 Å². The topological polar surface area (TPSA) is 67.4 Å². The summed E-state index contributed by atoms with van der Waals surface area (Å²) in [4.78, 5) is 24.9. The highest BCUT2D eigenvalue weighted by Gasteiger charge is 2.33. The summed E-state index contributed by atoms with van der Waals surface area (Å²) in [5.41, 5.74) is 1.38. The lowest BCUT2D eigenvalue weighted by molar-refractivity contribution is -0.126. The Bertz CT molecular complexity index is 879. The first kappa shape index (κ1) is 18.9. The van der Waals surface area contributed by atoms with Crippen molar-refractivity contribution >= 4 is 17.5 Å². The molecule has 0 bridgehead atoms. The zero-order chi connectivity index (χ0) is 19.6. The van der Waals surface area contributed by atoms with E-state index in [0.717, 1.165) is 11.3 Å². The summed E-state index contributed by atoms with van der Waals surface area (Å²) < 4.78 is 18.7. The number of hydrogen-bond acceptors (Lipinski definition) is 3. The third kappa shape index (κ3) is 3.79. The number of hydrogen-bond donors (Lipinski definition) is 2. The van der Waals surface area contributed by atoms with Crippen LogP contribution >= 0.6 is 0 Å². The van der Waals surface area contributed by atoms with Crippen LogP contribution in [0.25, 0.3) is 0 Å². The normalized spacial score (nSPS) is 15.9. The van der Waals surface area contributed by atoms with E-state index in [0.29, 0.717) is 24.3 Å². The van der Waals surface area contributed by atoms with Crippen molar-refractivity contribution in [2.45, 2.75) is 31.6 Å². The van der Waals surface area contributed by atoms with Crippen molar-refractivity contribution in [1.82, 2.24) is 5.32 Å². The number of carbonyl (C=O) groups is 2. The van der Waals surface area contributed by atoms with E-state index in [4.69, 9.17) is 4.74 Å². The van der Waals surface area contributed by atoms with E-state index < -0.39 is 5.41 Å². The lowest BCUT2D eigenvalue weighted by atomic mass is 9.83. The number of carbonyl (C=O) groups excluding carboxylic acids is 2. The largest absolute Gasteiger partial charge is 0.497 e. The average Bonchev–Trinajstić information content (AvgIpc) is 2.96. The molecule has 1 aliphatic rings. The molecule has 0 spiro atoms. The summed E-state index contributed by atoms with van der Waals surface area (Å²) in [6.45, 7) is 3.84. The molecular formula is C21H23FN2O3. The second-order valence-corrected chi connectivity index (χ2v) is 7.17. The highest BCUT2D eigenvalue weighted by Crippen LogP contribution is 2.36. The van der Waals surface area contributed by atoms with Gasteiger partial charge in [-0.2, -0.15) is 0 Å². The quantitative estimate of drug-likeness (QED) is 0.819. The van der Waals surface area contributed by atoms with Gasteiger partial charge in [0, 0.05) is 12.2 Å². The predicted molar refractivity (Wildman–Crippen MR) is 101 cm³/mol. The highest BCUT2D eigenvalue weighted by atomic mass is 19.1. The molecule has 2 N–H and O–H groups in total. The number of fused-ring (bicyclic) bond motifs is 1. The minimum Gasteiger partial charge on any atom is -0.497 e. The van der Waals surface area contributed by atoms with Gasteiger partial charge in [-0.05, 0) is 61.7 Å². The zero-order valence-electron chi connectivity index (χ0n) is 15.6. The van der Waals surface area contributed by atoms with Crippen LogP contribution in [-0.2, 0) is 15.0 Å². The fraction of sp³-hybridized carbons (Fsp3) is 0.333. The van der Waals surface area contributed by atoms with Crippen LogP contribution in [0.15, 0.2) is 42.5 Å². The maximum Gasteiger partial charge on any atom is 0.232 e. The van der Waals surface area contributed by atoms with Gasteiger partial charge in [-0.15, -0.1) is 0 Å². The lowest BCUT2D eigenvalue weighted by Gasteiger charge is -2.24. The van der Waals surface area contributed by atoms with Crippen molar-refractivity contribution in [3.8, 4) is 5.75 Å². The van der Waals surface area contributed by atoms with Crippen LogP contribution < -0.4 is 15.4 Å². The van der Waals surface area contributed by atoms with Crippen molar-refractivity contribution in [2.75, 3.05) is 19.0 Å². The van der Waals surface area contributed by atoms with E-state index in [1.54, 1.807) is 39.2 Å². The van der Waals surface area contributed by atoms with Gasteiger partial charge in [-0.25, -0.2) is 4.39 Å². The second kappa shape index (κ2) is 7.39. The van der Waals surface area contributed by atoms with Gasteiger partial charge in [0.15, 0.2) is 0 Å². The summed E-state index contributed by atoms with van der Waals surface area (Å²) in [6.07, 6.45) is 0.469. The molecule has 0 saturated heterocycles. The predicted octanol–water partition coefficient (Wildman–Crippen LogP) is 3.35. The van der Waals surface area contributed by atoms with Gasteiger partial charge in [-0.1, -0.05) is 12.1 Å². The molecule has 2 aromatic rings. The molecule has 3 rings (SSSR count). The van der Waals surface area contributed by atoms with E-state index in [2.05, 4.69) is 10.6 Å². The molecule has 1 atom stereocenters. The molecule has 1 aliphatic heterocycles. The summed E-state index contributed by atoms with van der Waals surface area (Å²) in [5, 5.41) is 5.73. The Kier molecular flexibility index (Phi) is 5.17. The van der Waals surface area contributed by atoms with E-state index >= 15 is 0 Å². The lowest BCUT2D eigenvalue weighted by Crippen LogP contribution is -2.41. The van der Waals surface area contributed by atoms with E-state index in [1.807, 2.05) is 12.1 Å². The van der Waals surface area contributed by atoms with Gasteiger partial charge >= 0.3 is 0 Å². The minimum absolute atomic E-state index is 0.0862. The van der Waals surface area contributed by atoms with Crippen LogP contribution in [0.1, 0.15) is 37.3 Å². The smallest absolute Gasteiger partial charge is 0.232 e. The standard InChI is InChI=1S/C21H23FN2O3/c1-21(2,13-5-4-6-14(22)11-13)20(26)23-10-9-16-17-12-15(27-3)7-8-18(17)24-19(16)25/h4-8,11-12,16H,9-10H2,1-3H3,(H,23,26)(H,24,25). The van der Waals surface area contributed by atoms with Crippen molar-refractivity contribution in [2.24, 2.45) is 0 Å². The number of nitrogens with one attached hydrogen (secondary N) is 2. The molecule has 1 unspecified atom stereocenters. The molecule has 0 radical (unpaired) electrons. The highest BCUT2D eigenvalue weighted by molar-refractivity contribution is 6.03. The number of methoxy groups -OCH3 is 1. The number of benzene rings is 2. The average molecular weight is 370 g/mol. The van der Waals surface area contributed by atoms with Crippen molar-refractivity contribution in [1.29, 1.82) is 0 Å². The van der Waals surface area contributed by atoms with Gasteiger partial charge in [-0.3, -0.25) is 9.59 Å². The number of anilines is 1. The van der Waals surface area contributed by atoms with Gasteiger partial charge in [0.05, 0.1) is 18.4 Å². The molecule has 2 aromatic carbocycles. The molecule has 0 aliphatic carbocycles.